The van der Waals surface area contributed by atoms with Crippen molar-refractivity contribution in [2.24, 2.45) is 0 Å². The molecule has 1 N–H and O–H groups in total. The molecule has 3 aromatic rings. The average Bonchev–Trinajstić information content (AvgIpc) is 2.85. The number of hydrogen-bond donors (Lipinski definition) is 1. The van der Waals surface area contributed by atoms with Gasteiger partial charge in [0.25, 0.3) is 5.91 Å². The molecule has 1 heterocycles. The van der Waals surface area contributed by atoms with Gasteiger partial charge in [-0.25, -0.2) is 0 Å². The van der Waals surface area contributed by atoms with Crippen LogP contribution in [0, 0.1) is 3.57 Å². The van der Waals surface area contributed by atoms with Gasteiger partial charge in [0.15, 0.2) is 0 Å². The molecule has 0 saturated heterocycles. The lowest BCUT2D eigenvalue weighted by Gasteiger charge is -2.02. The van der Waals surface area contributed by atoms with Gasteiger partial charge in [0.1, 0.15) is 0 Å². The van der Waals surface area contributed by atoms with Crippen LogP contribution in [-0.2, 0) is 0 Å². The van der Waals surface area contributed by atoms with Crippen molar-refractivity contribution in [1.82, 2.24) is 0 Å². The summed E-state index contributed by atoms with van der Waals surface area (Å²) < 4.78 is 2.28. The standard InChI is InChI=1S/C15H10INOS/c16-11-5-7-12(8-6-11)17-15(18)14-9-10-3-1-2-4-13(10)19-14/h1-9H,(H,17,18). The van der Waals surface area contributed by atoms with Crippen LogP contribution in [-0.4, -0.2) is 5.91 Å². The fraction of sp³-hybridized carbons (Fsp3) is 0. The first-order valence-corrected chi connectivity index (χ1v) is 7.67. The maximum Gasteiger partial charge on any atom is 0.265 e. The summed E-state index contributed by atoms with van der Waals surface area (Å²) in [6.45, 7) is 0. The zero-order valence-corrected chi connectivity index (χ0v) is 12.9. The van der Waals surface area contributed by atoms with Crippen LogP contribution in [0.4, 0.5) is 5.69 Å². The van der Waals surface area contributed by atoms with E-state index < -0.39 is 0 Å². The molecular weight excluding hydrogens is 369 g/mol. The number of benzene rings is 2. The van der Waals surface area contributed by atoms with E-state index in [2.05, 4.69) is 27.9 Å². The lowest BCUT2D eigenvalue weighted by Crippen LogP contribution is -2.09. The highest BCUT2D eigenvalue weighted by molar-refractivity contribution is 14.1. The molecule has 4 heteroatoms. The number of nitrogens with one attached hydrogen (secondary N) is 1. The molecule has 0 atom stereocenters. The highest BCUT2D eigenvalue weighted by Gasteiger charge is 2.10. The van der Waals surface area contributed by atoms with Crippen molar-refractivity contribution in [2.75, 3.05) is 5.32 Å². The lowest BCUT2D eigenvalue weighted by atomic mass is 10.2. The third kappa shape index (κ3) is 2.79. The van der Waals surface area contributed by atoms with Crippen LogP contribution in [0.2, 0.25) is 0 Å². The molecule has 2 aromatic carbocycles. The highest BCUT2D eigenvalue weighted by Crippen LogP contribution is 2.26. The molecule has 1 aromatic heterocycles. The Bertz CT molecular complexity index is 700. The molecule has 0 aliphatic rings. The number of carbonyl (C=O) groups is 1. The number of hydrogen-bond acceptors (Lipinski definition) is 2. The predicted molar refractivity (Wildman–Crippen MR) is 88.9 cm³/mol. The van der Waals surface area contributed by atoms with Gasteiger partial charge in [-0.15, -0.1) is 11.3 Å². The Morgan fingerprint density at radius 3 is 2.53 bits per heavy atom. The van der Waals surface area contributed by atoms with Crippen LogP contribution in [0.5, 0.6) is 0 Å². The lowest BCUT2D eigenvalue weighted by molar-refractivity contribution is 0.103. The molecule has 1 amide bonds. The summed E-state index contributed by atoms with van der Waals surface area (Å²) in [6.07, 6.45) is 0. The first-order chi connectivity index (χ1) is 9.22. The molecule has 94 valence electrons. The van der Waals surface area contributed by atoms with Crippen molar-refractivity contribution in [3.8, 4) is 0 Å². The number of carbonyl (C=O) groups excluding carboxylic acids is 1. The van der Waals surface area contributed by atoms with Gasteiger partial charge in [-0.05, 0) is 64.4 Å². The summed E-state index contributed by atoms with van der Waals surface area (Å²) in [5, 5.41) is 4.03. The molecule has 0 bridgehead atoms. The summed E-state index contributed by atoms with van der Waals surface area (Å²) >= 11 is 3.75. The molecule has 0 saturated carbocycles. The number of fused-ring (bicyclic) bond motifs is 1. The topological polar surface area (TPSA) is 29.1 Å². The number of amides is 1. The minimum absolute atomic E-state index is 0.0533. The average molecular weight is 379 g/mol. The van der Waals surface area contributed by atoms with Crippen molar-refractivity contribution < 1.29 is 4.79 Å². The van der Waals surface area contributed by atoms with E-state index in [4.69, 9.17) is 0 Å². The quantitative estimate of drug-likeness (QED) is 0.640. The fourth-order valence-corrected chi connectivity index (χ4v) is 3.14. The zero-order valence-electron chi connectivity index (χ0n) is 9.89. The highest BCUT2D eigenvalue weighted by atomic mass is 127. The summed E-state index contributed by atoms with van der Waals surface area (Å²) in [6, 6.07) is 17.7. The van der Waals surface area contributed by atoms with Crippen LogP contribution in [0.3, 0.4) is 0 Å². The molecule has 0 aliphatic heterocycles. The van der Waals surface area contributed by atoms with Crippen molar-refractivity contribution in [3.63, 3.8) is 0 Å². The summed E-state index contributed by atoms with van der Waals surface area (Å²) in [5.41, 5.74) is 0.822. The van der Waals surface area contributed by atoms with Gasteiger partial charge in [0.2, 0.25) is 0 Å². The fourth-order valence-electron chi connectivity index (χ4n) is 1.82. The monoisotopic (exact) mass is 379 g/mol. The van der Waals surface area contributed by atoms with Gasteiger partial charge in [0.05, 0.1) is 4.88 Å². The molecule has 19 heavy (non-hydrogen) atoms. The van der Waals surface area contributed by atoms with Gasteiger partial charge >= 0.3 is 0 Å². The summed E-state index contributed by atoms with van der Waals surface area (Å²) in [4.78, 5) is 12.9. The van der Waals surface area contributed by atoms with E-state index >= 15 is 0 Å². The maximum absolute atomic E-state index is 12.2. The zero-order chi connectivity index (χ0) is 13.2. The van der Waals surface area contributed by atoms with Gasteiger partial charge in [-0.1, -0.05) is 18.2 Å². The van der Waals surface area contributed by atoms with Crippen LogP contribution in [0.25, 0.3) is 10.1 Å². The number of rotatable bonds is 2. The molecule has 0 unspecified atom stereocenters. The molecule has 0 aliphatic carbocycles. The van der Waals surface area contributed by atoms with Crippen molar-refractivity contribution in [3.05, 3.63) is 63.0 Å². The maximum atomic E-state index is 12.2. The third-order valence-corrected chi connectivity index (χ3v) is 4.59. The normalized spacial score (nSPS) is 10.6. The van der Waals surface area contributed by atoms with E-state index in [1.807, 2.05) is 54.6 Å². The predicted octanol–water partition coefficient (Wildman–Crippen LogP) is 4.76. The van der Waals surface area contributed by atoms with E-state index in [9.17, 15) is 4.79 Å². The van der Waals surface area contributed by atoms with E-state index in [-0.39, 0.29) is 5.91 Å². The number of thiophene rings is 1. The molecule has 0 spiro atoms. The van der Waals surface area contributed by atoms with Crippen LogP contribution < -0.4 is 5.32 Å². The van der Waals surface area contributed by atoms with E-state index in [0.717, 1.165) is 24.2 Å². The smallest absolute Gasteiger partial charge is 0.265 e. The van der Waals surface area contributed by atoms with Gasteiger partial charge < -0.3 is 5.32 Å². The first kappa shape index (κ1) is 12.6. The Morgan fingerprint density at radius 1 is 1.05 bits per heavy atom. The van der Waals surface area contributed by atoms with Gasteiger partial charge in [-0.2, -0.15) is 0 Å². The van der Waals surface area contributed by atoms with Crippen molar-refractivity contribution in [1.29, 1.82) is 0 Å². The van der Waals surface area contributed by atoms with Crippen LogP contribution in [0.1, 0.15) is 9.67 Å². The number of halogens is 1. The largest absolute Gasteiger partial charge is 0.321 e. The Hall–Kier alpha value is -1.40. The Labute approximate surface area is 128 Å². The van der Waals surface area contributed by atoms with Crippen molar-refractivity contribution >= 4 is 55.6 Å². The van der Waals surface area contributed by atoms with Crippen LogP contribution in [0.15, 0.2) is 54.6 Å². The SMILES string of the molecule is O=C(Nc1ccc(I)cc1)c1cc2ccccc2s1. The molecule has 3 rings (SSSR count). The van der Waals surface area contributed by atoms with Crippen molar-refractivity contribution in [2.45, 2.75) is 0 Å². The second-order valence-electron chi connectivity index (χ2n) is 4.11. The Morgan fingerprint density at radius 2 is 1.79 bits per heavy atom. The Kier molecular flexibility index (Phi) is 3.52. The summed E-state index contributed by atoms with van der Waals surface area (Å²) in [7, 11) is 0. The number of anilines is 1. The molecule has 0 fully saturated rings. The van der Waals surface area contributed by atoms with E-state index in [1.54, 1.807) is 0 Å². The minimum atomic E-state index is -0.0533. The van der Waals surface area contributed by atoms with Gasteiger partial charge in [0, 0.05) is 14.0 Å². The van der Waals surface area contributed by atoms with Crippen LogP contribution >= 0.6 is 33.9 Å². The van der Waals surface area contributed by atoms with E-state index in [1.165, 1.54) is 11.3 Å². The van der Waals surface area contributed by atoms with E-state index in [0.29, 0.717) is 0 Å². The molecule has 2 nitrogen and oxygen atoms in total. The Balaban J connectivity index is 1.85. The minimum Gasteiger partial charge on any atom is -0.321 e. The van der Waals surface area contributed by atoms with Gasteiger partial charge in [-0.3, -0.25) is 4.79 Å². The molecule has 0 radical (unpaired) electrons. The second-order valence-corrected chi connectivity index (χ2v) is 6.44. The summed E-state index contributed by atoms with van der Waals surface area (Å²) in [5.74, 6) is -0.0533. The third-order valence-electron chi connectivity index (χ3n) is 2.75. The second kappa shape index (κ2) is 5.30. The first-order valence-electron chi connectivity index (χ1n) is 5.78. The molecular formula is C15H10INOS.